The number of carbonyl (C=O) groups is 1. The summed E-state index contributed by atoms with van der Waals surface area (Å²) in [5, 5.41) is 0. The number of carbonyl (C=O) groups excluding carboxylic acids is 1. The zero-order valence-corrected chi connectivity index (χ0v) is 7.64. The second-order valence-corrected chi connectivity index (χ2v) is 3.00. The van der Waals surface area contributed by atoms with Crippen molar-refractivity contribution in [3.8, 4) is 0 Å². The standard InChI is InChI=1S/C7H17N3O/c1-5-7(2,10(3)4)6(11)9-8/h5,8H2,1-4H3,(H,9,11)/t7-/m1/s1. The van der Waals surface area contributed by atoms with E-state index in [0.29, 0.717) is 0 Å². The summed E-state index contributed by atoms with van der Waals surface area (Å²) in [5.41, 5.74) is 1.67. The molecule has 11 heavy (non-hydrogen) atoms. The molecule has 0 aliphatic carbocycles. The maximum atomic E-state index is 11.2. The molecule has 0 saturated carbocycles. The van der Waals surface area contributed by atoms with Gasteiger partial charge in [-0.1, -0.05) is 6.92 Å². The zero-order valence-electron chi connectivity index (χ0n) is 7.64. The first-order valence-corrected chi connectivity index (χ1v) is 3.67. The first-order valence-electron chi connectivity index (χ1n) is 3.67. The number of nitrogens with two attached hydrogens (primary N) is 1. The van der Waals surface area contributed by atoms with Crippen molar-refractivity contribution in [2.24, 2.45) is 5.84 Å². The Labute approximate surface area is 67.7 Å². The van der Waals surface area contributed by atoms with E-state index in [0.717, 1.165) is 6.42 Å². The minimum absolute atomic E-state index is 0.148. The summed E-state index contributed by atoms with van der Waals surface area (Å²) in [7, 11) is 3.72. The highest BCUT2D eigenvalue weighted by Crippen LogP contribution is 2.15. The van der Waals surface area contributed by atoms with Crippen molar-refractivity contribution < 1.29 is 4.79 Å². The Bertz CT molecular complexity index is 147. The van der Waals surface area contributed by atoms with Crippen LogP contribution in [0.15, 0.2) is 0 Å². The number of hydrogen-bond acceptors (Lipinski definition) is 3. The van der Waals surface area contributed by atoms with E-state index in [1.54, 1.807) is 0 Å². The van der Waals surface area contributed by atoms with Crippen LogP contribution in [0, 0.1) is 0 Å². The van der Waals surface area contributed by atoms with Gasteiger partial charge in [-0.2, -0.15) is 0 Å². The Kier molecular flexibility index (Phi) is 3.48. The third-order valence-electron chi connectivity index (χ3n) is 2.30. The molecule has 0 radical (unpaired) electrons. The van der Waals surface area contributed by atoms with Crippen molar-refractivity contribution in [2.45, 2.75) is 25.8 Å². The SMILES string of the molecule is CC[C@](C)(C(=O)NN)N(C)C. The summed E-state index contributed by atoms with van der Waals surface area (Å²) in [5.74, 6) is 4.90. The van der Waals surface area contributed by atoms with Gasteiger partial charge in [0, 0.05) is 0 Å². The number of amides is 1. The molecule has 4 nitrogen and oxygen atoms in total. The molecule has 4 heteroatoms. The van der Waals surface area contributed by atoms with Crippen molar-refractivity contribution in [3.63, 3.8) is 0 Å². The van der Waals surface area contributed by atoms with Crippen LogP contribution in [0.4, 0.5) is 0 Å². The first-order chi connectivity index (χ1) is 4.99. The molecule has 66 valence electrons. The Morgan fingerprint density at radius 2 is 2.09 bits per heavy atom. The van der Waals surface area contributed by atoms with Crippen LogP contribution >= 0.6 is 0 Å². The van der Waals surface area contributed by atoms with E-state index in [4.69, 9.17) is 5.84 Å². The lowest BCUT2D eigenvalue weighted by Crippen LogP contribution is -2.55. The van der Waals surface area contributed by atoms with Gasteiger partial charge in [0.25, 0.3) is 5.91 Å². The van der Waals surface area contributed by atoms with Crippen molar-refractivity contribution in [1.29, 1.82) is 0 Å². The highest BCUT2D eigenvalue weighted by atomic mass is 16.2. The van der Waals surface area contributed by atoms with Crippen LogP contribution in [0.1, 0.15) is 20.3 Å². The Hall–Kier alpha value is -0.610. The van der Waals surface area contributed by atoms with Gasteiger partial charge in [-0.05, 0) is 27.4 Å². The van der Waals surface area contributed by atoms with Crippen LogP contribution in [0.3, 0.4) is 0 Å². The van der Waals surface area contributed by atoms with E-state index < -0.39 is 5.54 Å². The third kappa shape index (κ3) is 1.91. The molecule has 0 saturated heterocycles. The minimum Gasteiger partial charge on any atom is -0.296 e. The second kappa shape index (κ2) is 3.69. The fourth-order valence-corrected chi connectivity index (χ4v) is 0.835. The highest BCUT2D eigenvalue weighted by Gasteiger charge is 2.32. The molecule has 3 N–H and O–H groups in total. The summed E-state index contributed by atoms with van der Waals surface area (Å²) in [6, 6.07) is 0. The highest BCUT2D eigenvalue weighted by molar-refractivity contribution is 5.85. The molecule has 0 heterocycles. The van der Waals surface area contributed by atoms with Gasteiger partial charge in [0.1, 0.15) is 0 Å². The Morgan fingerprint density at radius 1 is 1.64 bits per heavy atom. The molecule has 0 unspecified atom stereocenters. The van der Waals surface area contributed by atoms with Crippen molar-refractivity contribution in [2.75, 3.05) is 14.1 Å². The van der Waals surface area contributed by atoms with Gasteiger partial charge in [0.05, 0.1) is 5.54 Å². The predicted octanol–water partition coefficient (Wildman–Crippen LogP) is -0.293. The maximum Gasteiger partial charge on any atom is 0.254 e. The van der Waals surface area contributed by atoms with Crippen LogP contribution in [0.2, 0.25) is 0 Å². The van der Waals surface area contributed by atoms with Crippen molar-refractivity contribution in [1.82, 2.24) is 10.3 Å². The van der Waals surface area contributed by atoms with Crippen LogP contribution < -0.4 is 11.3 Å². The van der Waals surface area contributed by atoms with E-state index in [2.05, 4.69) is 5.43 Å². The molecule has 1 amide bonds. The third-order valence-corrected chi connectivity index (χ3v) is 2.30. The lowest BCUT2D eigenvalue weighted by molar-refractivity contribution is -0.131. The number of hydrogen-bond donors (Lipinski definition) is 2. The summed E-state index contributed by atoms with van der Waals surface area (Å²) in [6.07, 6.45) is 0.739. The fraction of sp³-hybridized carbons (Fsp3) is 0.857. The van der Waals surface area contributed by atoms with Crippen LogP contribution in [-0.4, -0.2) is 30.4 Å². The average molecular weight is 159 g/mol. The van der Waals surface area contributed by atoms with Gasteiger partial charge in [-0.25, -0.2) is 5.84 Å². The second-order valence-electron chi connectivity index (χ2n) is 3.00. The van der Waals surface area contributed by atoms with E-state index in [1.165, 1.54) is 0 Å². The zero-order chi connectivity index (χ0) is 9.07. The largest absolute Gasteiger partial charge is 0.296 e. The van der Waals surface area contributed by atoms with Gasteiger partial charge in [-0.3, -0.25) is 15.1 Å². The number of nitrogens with one attached hydrogen (secondary N) is 1. The topological polar surface area (TPSA) is 58.4 Å². The number of hydrazine groups is 1. The number of likely N-dealkylation sites (N-methyl/N-ethyl adjacent to an activating group) is 1. The first kappa shape index (κ1) is 10.4. The van der Waals surface area contributed by atoms with E-state index in [9.17, 15) is 4.79 Å². The van der Waals surface area contributed by atoms with Gasteiger partial charge < -0.3 is 0 Å². The van der Waals surface area contributed by atoms with Crippen molar-refractivity contribution in [3.05, 3.63) is 0 Å². The molecule has 0 rings (SSSR count). The van der Waals surface area contributed by atoms with Gasteiger partial charge in [-0.15, -0.1) is 0 Å². The van der Waals surface area contributed by atoms with Crippen molar-refractivity contribution >= 4 is 5.91 Å². The Morgan fingerprint density at radius 3 is 2.18 bits per heavy atom. The molecule has 0 fully saturated rings. The molecular weight excluding hydrogens is 142 g/mol. The Balaban J connectivity index is 4.45. The van der Waals surface area contributed by atoms with Crippen LogP contribution in [-0.2, 0) is 4.79 Å². The van der Waals surface area contributed by atoms with Gasteiger partial charge in [0.15, 0.2) is 0 Å². The molecule has 0 aromatic rings. The monoisotopic (exact) mass is 159 g/mol. The van der Waals surface area contributed by atoms with Crippen LogP contribution in [0.25, 0.3) is 0 Å². The summed E-state index contributed by atoms with van der Waals surface area (Å²) < 4.78 is 0. The minimum atomic E-state index is -0.491. The normalized spacial score (nSPS) is 16.2. The smallest absolute Gasteiger partial charge is 0.254 e. The van der Waals surface area contributed by atoms with E-state index in [1.807, 2.05) is 32.8 Å². The molecule has 0 aromatic carbocycles. The number of rotatable bonds is 3. The molecule has 0 aliphatic heterocycles. The molecule has 1 atom stereocenters. The van der Waals surface area contributed by atoms with Crippen LogP contribution in [0.5, 0.6) is 0 Å². The summed E-state index contributed by atoms with van der Waals surface area (Å²) in [6.45, 7) is 3.81. The molecule has 0 aliphatic rings. The molecule has 0 spiro atoms. The van der Waals surface area contributed by atoms with Gasteiger partial charge >= 0.3 is 0 Å². The van der Waals surface area contributed by atoms with E-state index >= 15 is 0 Å². The van der Waals surface area contributed by atoms with Gasteiger partial charge in [0.2, 0.25) is 0 Å². The number of nitrogens with zero attached hydrogens (tertiary/aromatic N) is 1. The predicted molar refractivity (Wildman–Crippen MR) is 44.7 cm³/mol. The van der Waals surface area contributed by atoms with E-state index in [-0.39, 0.29) is 5.91 Å². The lowest BCUT2D eigenvalue weighted by atomic mass is 9.97. The molecule has 0 aromatic heterocycles. The summed E-state index contributed by atoms with van der Waals surface area (Å²) >= 11 is 0. The summed E-state index contributed by atoms with van der Waals surface area (Å²) in [4.78, 5) is 13.1. The molecular formula is C7H17N3O. The average Bonchev–Trinajstić information content (AvgIpc) is 2.01. The quantitative estimate of drug-likeness (QED) is 0.338. The maximum absolute atomic E-state index is 11.2. The molecule has 0 bridgehead atoms. The fourth-order valence-electron chi connectivity index (χ4n) is 0.835. The lowest BCUT2D eigenvalue weighted by Gasteiger charge is -2.32.